The number of esters is 1. The fraction of sp³-hybridized carbons (Fsp3) is 0.440. The fourth-order valence-corrected chi connectivity index (χ4v) is 5.52. The Balaban J connectivity index is 1.87. The summed E-state index contributed by atoms with van der Waals surface area (Å²) < 4.78 is 32.9. The molecule has 0 unspecified atom stereocenters. The standard InChI is InChI=1S/C25H33N5O4S/c1-5-7-16-35(32,33)30(18-25(3,4)24(31)34-6-2)17-19-12-14-20(15-13-19)21-10-8-9-11-22(21)23-26-28-29-27-23/h8-15H,5-7,16-18H2,1-4H3,(H,26,27,28,29). The van der Waals surface area contributed by atoms with Crippen molar-refractivity contribution < 1.29 is 17.9 Å². The van der Waals surface area contributed by atoms with E-state index >= 15 is 0 Å². The Kier molecular flexibility index (Phi) is 8.74. The number of carbonyl (C=O) groups excluding carboxylic acids is 1. The number of hydrogen-bond donors (Lipinski definition) is 1. The van der Waals surface area contributed by atoms with E-state index in [1.54, 1.807) is 20.8 Å². The van der Waals surface area contributed by atoms with Gasteiger partial charge in [0.15, 0.2) is 0 Å². The number of carbonyl (C=O) groups is 1. The van der Waals surface area contributed by atoms with Crippen LogP contribution in [-0.4, -0.2) is 58.2 Å². The van der Waals surface area contributed by atoms with Crippen molar-refractivity contribution >= 4 is 16.0 Å². The van der Waals surface area contributed by atoms with Crippen LogP contribution in [-0.2, 0) is 26.1 Å². The zero-order chi connectivity index (χ0) is 25.5. The number of H-pyrrole nitrogens is 1. The van der Waals surface area contributed by atoms with Crippen LogP contribution in [0.1, 0.15) is 46.1 Å². The molecule has 1 heterocycles. The number of hydrogen-bond acceptors (Lipinski definition) is 7. The van der Waals surface area contributed by atoms with Crippen LogP contribution in [0.4, 0.5) is 0 Å². The molecule has 10 heteroatoms. The second-order valence-corrected chi connectivity index (χ2v) is 11.1. The SMILES string of the molecule is CCCCS(=O)(=O)N(Cc1ccc(-c2ccccc2-c2nn[nH]n2)cc1)CC(C)(C)C(=O)OCC. The molecule has 9 nitrogen and oxygen atoms in total. The summed E-state index contributed by atoms with van der Waals surface area (Å²) in [5.41, 5.74) is 2.58. The molecule has 0 fully saturated rings. The summed E-state index contributed by atoms with van der Waals surface area (Å²) in [6.45, 7) is 7.58. The zero-order valence-corrected chi connectivity index (χ0v) is 21.5. The molecule has 0 spiro atoms. The van der Waals surface area contributed by atoms with Gasteiger partial charge in [0.05, 0.1) is 17.8 Å². The number of tetrazole rings is 1. The average molecular weight is 500 g/mol. The lowest BCUT2D eigenvalue weighted by Crippen LogP contribution is -2.43. The van der Waals surface area contributed by atoms with Crippen LogP contribution in [0.25, 0.3) is 22.5 Å². The van der Waals surface area contributed by atoms with Crippen LogP contribution in [0.2, 0.25) is 0 Å². The molecule has 0 saturated heterocycles. The third-order valence-corrected chi connectivity index (χ3v) is 7.54. The molecule has 0 saturated carbocycles. The lowest BCUT2D eigenvalue weighted by Gasteiger charge is -2.30. The topological polar surface area (TPSA) is 118 Å². The highest BCUT2D eigenvalue weighted by Gasteiger charge is 2.35. The highest BCUT2D eigenvalue weighted by molar-refractivity contribution is 7.89. The maximum absolute atomic E-state index is 13.2. The molecule has 2 aromatic carbocycles. The van der Waals surface area contributed by atoms with Crippen molar-refractivity contribution in [2.75, 3.05) is 18.9 Å². The van der Waals surface area contributed by atoms with E-state index in [1.807, 2.05) is 55.5 Å². The third-order valence-electron chi connectivity index (χ3n) is 5.69. The number of unbranched alkanes of at least 4 members (excludes halogenated alkanes) is 1. The number of aromatic amines is 1. The molecule has 1 aromatic heterocycles. The van der Waals surface area contributed by atoms with Gasteiger partial charge < -0.3 is 4.74 Å². The summed E-state index contributed by atoms with van der Waals surface area (Å²) in [7, 11) is -3.56. The minimum Gasteiger partial charge on any atom is -0.466 e. The molecule has 188 valence electrons. The van der Waals surface area contributed by atoms with E-state index in [9.17, 15) is 13.2 Å². The van der Waals surface area contributed by atoms with Crippen LogP contribution in [0.5, 0.6) is 0 Å². The highest BCUT2D eigenvalue weighted by Crippen LogP contribution is 2.30. The van der Waals surface area contributed by atoms with Gasteiger partial charge in [0, 0.05) is 18.7 Å². The van der Waals surface area contributed by atoms with E-state index in [4.69, 9.17) is 4.74 Å². The smallest absolute Gasteiger partial charge is 0.312 e. The molecule has 0 atom stereocenters. The summed E-state index contributed by atoms with van der Waals surface area (Å²) >= 11 is 0. The Hall–Kier alpha value is -3.11. The second-order valence-electron chi connectivity index (χ2n) is 9.02. The number of nitrogens with zero attached hydrogens (tertiary/aromatic N) is 4. The average Bonchev–Trinajstić information content (AvgIpc) is 3.38. The van der Waals surface area contributed by atoms with Gasteiger partial charge in [-0.3, -0.25) is 4.79 Å². The third kappa shape index (κ3) is 6.73. The van der Waals surface area contributed by atoms with Crippen LogP contribution in [0.3, 0.4) is 0 Å². The van der Waals surface area contributed by atoms with Gasteiger partial charge in [-0.15, -0.1) is 10.2 Å². The van der Waals surface area contributed by atoms with Crippen molar-refractivity contribution in [3.8, 4) is 22.5 Å². The molecular weight excluding hydrogens is 466 g/mol. The van der Waals surface area contributed by atoms with Gasteiger partial charge in [-0.1, -0.05) is 61.9 Å². The van der Waals surface area contributed by atoms with E-state index in [-0.39, 0.29) is 25.4 Å². The number of sulfonamides is 1. The lowest BCUT2D eigenvalue weighted by molar-refractivity contribution is -0.153. The molecule has 0 aliphatic carbocycles. The van der Waals surface area contributed by atoms with Gasteiger partial charge >= 0.3 is 5.97 Å². The van der Waals surface area contributed by atoms with E-state index in [2.05, 4.69) is 20.6 Å². The number of benzene rings is 2. The normalized spacial score (nSPS) is 12.1. The van der Waals surface area contributed by atoms with Crippen LogP contribution >= 0.6 is 0 Å². The van der Waals surface area contributed by atoms with Crippen molar-refractivity contribution in [1.82, 2.24) is 24.9 Å². The minimum absolute atomic E-state index is 0.0402. The second kappa shape index (κ2) is 11.5. The number of rotatable bonds is 12. The summed E-state index contributed by atoms with van der Waals surface area (Å²) in [5, 5.41) is 14.3. The Labute approximate surface area is 206 Å². The number of nitrogens with one attached hydrogen (secondary N) is 1. The highest BCUT2D eigenvalue weighted by atomic mass is 32.2. The first-order chi connectivity index (χ1) is 16.7. The lowest BCUT2D eigenvalue weighted by atomic mass is 9.93. The minimum atomic E-state index is -3.56. The van der Waals surface area contributed by atoms with E-state index < -0.39 is 21.4 Å². The Morgan fingerprint density at radius 1 is 1.06 bits per heavy atom. The Morgan fingerprint density at radius 3 is 2.34 bits per heavy atom. The molecule has 0 amide bonds. The van der Waals surface area contributed by atoms with Gasteiger partial charge in [-0.25, -0.2) is 8.42 Å². The molecule has 1 N–H and O–H groups in total. The molecule has 0 aliphatic rings. The molecule has 3 rings (SSSR count). The molecule has 0 radical (unpaired) electrons. The van der Waals surface area contributed by atoms with Crippen LogP contribution in [0, 0.1) is 5.41 Å². The van der Waals surface area contributed by atoms with Crippen LogP contribution in [0.15, 0.2) is 48.5 Å². The summed E-state index contributed by atoms with van der Waals surface area (Å²) in [5.74, 6) is 0.127. The largest absolute Gasteiger partial charge is 0.466 e. The maximum atomic E-state index is 13.2. The summed E-state index contributed by atoms with van der Waals surface area (Å²) in [6, 6.07) is 15.4. The van der Waals surface area contributed by atoms with Gasteiger partial charge in [0.2, 0.25) is 15.8 Å². The Bertz CT molecular complexity index is 1210. The van der Waals surface area contributed by atoms with Crippen LogP contribution < -0.4 is 0 Å². The van der Waals surface area contributed by atoms with E-state index in [0.717, 1.165) is 28.7 Å². The van der Waals surface area contributed by atoms with Crippen molar-refractivity contribution in [3.63, 3.8) is 0 Å². The van der Waals surface area contributed by atoms with Gasteiger partial charge in [-0.05, 0) is 49.1 Å². The van der Waals surface area contributed by atoms with Crippen molar-refractivity contribution in [1.29, 1.82) is 0 Å². The summed E-state index contributed by atoms with van der Waals surface area (Å²) in [6.07, 6.45) is 1.33. The van der Waals surface area contributed by atoms with E-state index in [1.165, 1.54) is 4.31 Å². The number of ether oxygens (including phenoxy) is 1. The fourth-order valence-electron chi connectivity index (χ4n) is 3.74. The first kappa shape index (κ1) is 26.5. The number of aromatic nitrogens is 4. The predicted octanol–water partition coefficient (Wildman–Crippen LogP) is 4.05. The monoisotopic (exact) mass is 499 g/mol. The van der Waals surface area contributed by atoms with E-state index in [0.29, 0.717) is 12.2 Å². The van der Waals surface area contributed by atoms with Gasteiger partial charge in [0.1, 0.15) is 0 Å². The first-order valence-corrected chi connectivity index (χ1v) is 13.4. The van der Waals surface area contributed by atoms with Crippen molar-refractivity contribution in [2.45, 2.75) is 47.1 Å². The summed E-state index contributed by atoms with van der Waals surface area (Å²) in [4.78, 5) is 12.5. The zero-order valence-electron chi connectivity index (χ0n) is 20.7. The first-order valence-electron chi connectivity index (χ1n) is 11.7. The maximum Gasteiger partial charge on any atom is 0.312 e. The van der Waals surface area contributed by atoms with Gasteiger partial charge in [0.25, 0.3) is 0 Å². The predicted molar refractivity (Wildman–Crippen MR) is 135 cm³/mol. The molecule has 0 bridgehead atoms. The molecule has 3 aromatic rings. The molecule has 35 heavy (non-hydrogen) atoms. The Morgan fingerprint density at radius 2 is 1.74 bits per heavy atom. The molecule has 0 aliphatic heterocycles. The molecular formula is C25H33N5O4S. The van der Waals surface area contributed by atoms with Crippen molar-refractivity contribution in [2.24, 2.45) is 5.41 Å². The quantitative estimate of drug-likeness (QED) is 0.373. The van der Waals surface area contributed by atoms with Crippen molar-refractivity contribution in [3.05, 3.63) is 54.1 Å². The van der Waals surface area contributed by atoms with Gasteiger partial charge in [-0.2, -0.15) is 9.52 Å².